The average molecular weight is 209 g/mol. The summed E-state index contributed by atoms with van der Waals surface area (Å²) in [5.41, 5.74) is 0. The first-order chi connectivity index (χ1) is 3.89. The van der Waals surface area contributed by atoms with Gasteiger partial charge in [-0.05, 0) is 6.92 Å². The molecule has 0 saturated carbocycles. The predicted octanol–water partition coefficient (Wildman–Crippen LogP) is 2.67. The van der Waals surface area contributed by atoms with E-state index in [2.05, 4.69) is 15.9 Å². The normalized spacial score (nSPS) is 16.3. The molecule has 0 spiro atoms. The molecule has 0 aromatic carbocycles. The number of hydrogen-bond acceptors (Lipinski definition) is 0. The zero-order chi connectivity index (χ0) is 7.65. The molecule has 0 aliphatic carbocycles. The van der Waals surface area contributed by atoms with Crippen molar-refractivity contribution in [2.75, 3.05) is 0 Å². The topological polar surface area (TPSA) is 0 Å². The SMILES string of the molecule is CC(Br)C(F)(F)C(F)F. The van der Waals surface area contributed by atoms with Crippen LogP contribution in [0.2, 0.25) is 0 Å². The van der Waals surface area contributed by atoms with Gasteiger partial charge in [-0.1, -0.05) is 15.9 Å². The van der Waals surface area contributed by atoms with Crippen molar-refractivity contribution in [3.63, 3.8) is 0 Å². The molecule has 0 radical (unpaired) electrons. The van der Waals surface area contributed by atoms with Gasteiger partial charge >= 0.3 is 12.3 Å². The van der Waals surface area contributed by atoms with Gasteiger partial charge in [-0.3, -0.25) is 0 Å². The first-order valence-electron chi connectivity index (χ1n) is 2.19. The Balaban J connectivity index is 4.01. The summed E-state index contributed by atoms with van der Waals surface area (Å²) >= 11 is 2.37. The third-order valence-electron chi connectivity index (χ3n) is 0.821. The summed E-state index contributed by atoms with van der Waals surface area (Å²) in [6.45, 7) is 0.978. The van der Waals surface area contributed by atoms with E-state index < -0.39 is 17.2 Å². The molecule has 0 heterocycles. The quantitative estimate of drug-likeness (QED) is 0.484. The Labute approximate surface area is 58.4 Å². The van der Waals surface area contributed by atoms with E-state index in [0.29, 0.717) is 0 Å². The van der Waals surface area contributed by atoms with Gasteiger partial charge in [-0.2, -0.15) is 8.78 Å². The first-order valence-corrected chi connectivity index (χ1v) is 3.10. The number of alkyl halides is 5. The Hall–Kier alpha value is 0.200. The second kappa shape index (κ2) is 2.86. The summed E-state index contributed by atoms with van der Waals surface area (Å²) < 4.78 is 46.3. The lowest BCUT2D eigenvalue weighted by Crippen LogP contribution is -2.34. The van der Waals surface area contributed by atoms with Gasteiger partial charge in [0.05, 0.1) is 4.83 Å². The van der Waals surface area contributed by atoms with Crippen LogP contribution in [0.4, 0.5) is 17.6 Å². The molecule has 0 N–H and O–H groups in total. The minimum absolute atomic E-state index is 0.978. The fourth-order valence-corrected chi connectivity index (χ4v) is 0.373. The van der Waals surface area contributed by atoms with Gasteiger partial charge in [0.15, 0.2) is 0 Å². The average Bonchev–Trinajstić information content (AvgIpc) is 1.65. The fourth-order valence-electron chi connectivity index (χ4n) is 0.174. The van der Waals surface area contributed by atoms with E-state index in [1.807, 2.05) is 0 Å². The minimum atomic E-state index is -3.92. The lowest BCUT2D eigenvalue weighted by molar-refractivity contribution is -0.124. The molecule has 0 aromatic rings. The van der Waals surface area contributed by atoms with E-state index in [-0.39, 0.29) is 0 Å². The number of hydrogen-bond donors (Lipinski definition) is 0. The molecule has 0 nitrogen and oxygen atoms in total. The van der Waals surface area contributed by atoms with Crippen molar-refractivity contribution < 1.29 is 17.6 Å². The summed E-state index contributed by atoms with van der Waals surface area (Å²) in [7, 11) is 0. The molecule has 0 aromatic heterocycles. The van der Waals surface area contributed by atoms with Crippen LogP contribution in [-0.2, 0) is 0 Å². The molecule has 0 saturated heterocycles. The maximum atomic E-state index is 11.9. The molecule has 0 bridgehead atoms. The minimum Gasteiger partial charge on any atom is -0.204 e. The van der Waals surface area contributed by atoms with Gasteiger partial charge in [0, 0.05) is 0 Å². The standard InChI is InChI=1S/C4H5BrF4/c1-2(5)4(8,9)3(6)7/h2-3H,1H3. The summed E-state index contributed by atoms with van der Waals surface area (Å²) in [5.74, 6) is -3.92. The van der Waals surface area contributed by atoms with E-state index in [1.54, 1.807) is 0 Å². The van der Waals surface area contributed by atoms with Crippen molar-refractivity contribution in [2.45, 2.75) is 24.1 Å². The summed E-state index contributed by atoms with van der Waals surface area (Å²) in [4.78, 5) is -1.48. The molecule has 1 unspecified atom stereocenters. The van der Waals surface area contributed by atoms with Crippen molar-refractivity contribution in [1.82, 2.24) is 0 Å². The van der Waals surface area contributed by atoms with Crippen molar-refractivity contribution in [3.8, 4) is 0 Å². The molecule has 56 valence electrons. The highest BCUT2D eigenvalue weighted by molar-refractivity contribution is 9.09. The van der Waals surface area contributed by atoms with Gasteiger partial charge < -0.3 is 0 Å². The van der Waals surface area contributed by atoms with Gasteiger partial charge in [0.25, 0.3) is 0 Å². The second-order valence-electron chi connectivity index (χ2n) is 1.59. The van der Waals surface area contributed by atoms with Crippen molar-refractivity contribution in [2.24, 2.45) is 0 Å². The van der Waals surface area contributed by atoms with Crippen molar-refractivity contribution in [3.05, 3.63) is 0 Å². The van der Waals surface area contributed by atoms with Crippen molar-refractivity contribution >= 4 is 15.9 Å². The maximum absolute atomic E-state index is 11.9. The lowest BCUT2D eigenvalue weighted by Gasteiger charge is -2.16. The van der Waals surface area contributed by atoms with Crippen LogP contribution >= 0.6 is 15.9 Å². The Kier molecular flexibility index (Phi) is 2.92. The lowest BCUT2D eigenvalue weighted by atomic mass is 10.3. The highest BCUT2D eigenvalue weighted by atomic mass is 79.9. The van der Waals surface area contributed by atoms with E-state index >= 15 is 0 Å². The van der Waals surface area contributed by atoms with Crippen LogP contribution in [-0.4, -0.2) is 17.2 Å². The van der Waals surface area contributed by atoms with E-state index in [0.717, 1.165) is 6.92 Å². The highest BCUT2D eigenvalue weighted by Gasteiger charge is 2.44. The van der Waals surface area contributed by atoms with Crippen LogP contribution in [0.25, 0.3) is 0 Å². The van der Waals surface area contributed by atoms with Gasteiger partial charge in [-0.15, -0.1) is 0 Å². The number of rotatable bonds is 2. The van der Waals surface area contributed by atoms with Gasteiger partial charge in [0.1, 0.15) is 0 Å². The first kappa shape index (κ1) is 9.20. The summed E-state index contributed by atoms with van der Waals surface area (Å²) in [6.07, 6.45) is -3.59. The molecule has 0 amide bonds. The van der Waals surface area contributed by atoms with Crippen LogP contribution in [0, 0.1) is 0 Å². The molecule has 1 atom stereocenters. The van der Waals surface area contributed by atoms with Gasteiger partial charge in [0.2, 0.25) is 0 Å². The van der Waals surface area contributed by atoms with Crippen LogP contribution in [0.5, 0.6) is 0 Å². The van der Waals surface area contributed by atoms with Crippen LogP contribution in [0.15, 0.2) is 0 Å². The zero-order valence-electron chi connectivity index (χ0n) is 4.54. The smallest absolute Gasteiger partial charge is 0.204 e. The van der Waals surface area contributed by atoms with E-state index in [9.17, 15) is 17.6 Å². The molecule has 0 fully saturated rings. The van der Waals surface area contributed by atoms with E-state index in [1.165, 1.54) is 0 Å². The Morgan fingerprint density at radius 1 is 1.33 bits per heavy atom. The molecular formula is C4H5BrF4. The van der Waals surface area contributed by atoms with Gasteiger partial charge in [-0.25, -0.2) is 8.78 Å². The Morgan fingerprint density at radius 2 is 1.67 bits per heavy atom. The molecule has 0 aliphatic heterocycles. The molecule has 0 aliphatic rings. The highest BCUT2D eigenvalue weighted by Crippen LogP contribution is 2.30. The molecular weight excluding hydrogens is 204 g/mol. The summed E-state index contributed by atoms with van der Waals surface area (Å²) in [5, 5.41) is 0. The molecule has 5 heteroatoms. The zero-order valence-corrected chi connectivity index (χ0v) is 6.13. The largest absolute Gasteiger partial charge is 0.319 e. The summed E-state index contributed by atoms with van der Waals surface area (Å²) in [6, 6.07) is 0. The van der Waals surface area contributed by atoms with Crippen molar-refractivity contribution in [1.29, 1.82) is 0 Å². The molecule has 0 rings (SSSR count). The Bertz CT molecular complexity index is 80.6. The predicted molar refractivity (Wildman–Crippen MR) is 29.3 cm³/mol. The van der Waals surface area contributed by atoms with E-state index in [4.69, 9.17) is 0 Å². The third kappa shape index (κ3) is 2.12. The number of halogens is 5. The third-order valence-corrected chi connectivity index (χ3v) is 1.43. The van der Waals surface area contributed by atoms with Crippen LogP contribution in [0.1, 0.15) is 6.92 Å². The Morgan fingerprint density at radius 3 is 1.67 bits per heavy atom. The monoisotopic (exact) mass is 208 g/mol. The van der Waals surface area contributed by atoms with Crippen LogP contribution < -0.4 is 0 Å². The fraction of sp³-hybridized carbons (Fsp3) is 1.00. The van der Waals surface area contributed by atoms with Crippen LogP contribution in [0.3, 0.4) is 0 Å². The maximum Gasteiger partial charge on any atom is 0.319 e. The molecule has 9 heavy (non-hydrogen) atoms. The second-order valence-corrected chi connectivity index (χ2v) is 2.96.